The lowest BCUT2D eigenvalue weighted by Gasteiger charge is -2.06. The Hall–Kier alpha value is -2.59. The largest absolute Gasteiger partial charge is 0.278 e. The summed E-state index contributed by atoms with van der Waals surface area (Å²) in [6.45, 7) is 2.12. The summed E-state index contributed by atoms with van der Waals surface area (Å²) in [6.07, 6.45) is 0. The molecule has 5 rings (SSSR count). The summed E-state index contributed by atoms with van der Waals surface area (Å²) in [5, 5.41) is 0. The Morgan fingerprint density at radius 3 is 2.58 bits per heavy atom. The van der Waals surface area contributed by atoms with Crippen molar-refractivity contribution in [3.8, 4) is 5.69 Å². The molecule has 0 bridgehead atoms. The van der Waals surface area contributed by atoms with Gasteiger partial charge < -0.3 is 0 Å². The number of aromatic nitrogens is 3. The van der Waals surface area contributed by atoms with E-state index in [2.05, 4.69) is 92.5 Å². The molecule has 0 fully saturated rings. The number of halogens is 1. The van der Waals surface area contributed by atoms with Crippen molar-refractivity contribution in [1.29, 1.82) is 0 Å². The van der Waals surface area contributed by atoms with Crippen LogP contribution in [0.5, 0.6) is 0 Å². The summed E-state index contributed by atoms with van der Waals surface area (Å²) in [7, 11) is 0. The van der Waals surface area contributed by atoms with Crippen molar-refractivity contribution < 1.29 is 0 Å². The van der Waals surface area contributed by atoms with E-state index in [1.165, 1.54) is 5.56 Å². The highest BCUT2D eigenvalue weighted by molar-refractivity contribution is 9.10. The average Bonchev–Trinajstić information content (AvgIpc) is 3.09. The summed E-state index contributed by atoms with van der Waals surface area (Å²) < 4.78 is 5.53. The number of hydrogen-bond donors (Lipinski definition) is 0. The van der Waals surface area contributed by atoms with E-state index in [4.69, 9.17) is 4.98 Å². The summed E-state index contributed by atoms with van der Waals surface area (Å²) in [5.41, 5.74) is 6.80. The highest BCUT2D eigenvalue weighted by Gasteiger charge is 2.17. The van der Waals surface area contributed by atoms with Crippen molar-refractivity contribution in [2.75, 3.05) is 0 Å². The molecule has 4 heteroatoms. The average molecular weight is 376 g/mol. The summed E-state index contributed by atoms with van der Waals surface area (Å²) in [4.78, 5) is 4.90. The number of nitrogens with zero attached hydrogens (tertiary/aromatic N) is 3. The van der Waals surface area contributed by atoms with Gasteiger partial charge in [0.1, 0.15) is 0 Å². The van der Waals surface area contributed by atoms with Crippen LogP contribution in [0.4, 0.5) is 0 Å². The highest BCUT2D eigenvalue weighted by atomic mass is 79.9. The molecule has 116 valence electrons. The van der Waals surface area contributed by atoms with E-state index >= 15 is 0 Å². The fraction of sp³-hybridized carbons (Fsp3) is 0.0500. The maximum absolute atomic E-state index is 4.90. The van der Waals surface area contributed by atoms with Crippen molar-refractivity contribution in [3.05, 3.63) is 76.8 Å². The van der Waals surface area contributed by atoms with E-state index in [-0.39, 0.29) is 0 Å². The van der Waals surface area contributed by atoms with Crippen LogP contribution in [-0.4, -0.2) is 14.0 Å². The third kappa shape index (κ3) is 1.86. The first-order chi connectivity index (χ1) is 11.7. The topological polar surface area (TPSA) is 22.2 Å². The van der Waals surface area contributed by atoms with E-state index < -0.39 is 0 Å². The zero-order valence-corrected chi connectivity index (χ0v) is 14.7. The Bertz CT molecular complexity index is 1230. The minimum Gasteiger partial charge on any atom is -0.278 e. The molecular formula is C20H14BrN3. The lowest BCUT2D eigenvalue weighted by Crippen LogP contribution is -1.95. The van der Waals surface area contributed by atoms with Gasteiger partial charge in [-0.2, -0.15) is 0 Å². The first kappa shape index (κ1) is 13.8. The van der Waals surface area contributed by atoms with Crippen molar-refractivity contribution >= 4 is 43.8 Å². The van der Waals surface area contributed by atoms with Crippen LogP contribution in [0, 0.1) is 6.92 Å². The van der Waals surface area contributed by atoms with Crippen LogP contribution < -0.4 is 0 Å². The van der Waals surface area contributed by atoms with Crippen LogP contribution in [0.2, 0.25) is 0 Å². The number of para-hydroxylation sites is 2. The SMILES string of the molecule is Cc1cccc(-n2c3ccc(Br)cc3n3c4ccccc4nc23)c1. The molecule has 0 aliphatic carbocycles. The van der Waals surface area contributed by atoms with E-state index in [1.807, 2.05) is 6.07 Å². The van der Waals surface area contributed by atoms with E-state index in [0.29, 0.717) is 0 Å². The van der Waals surface area contributed by atoms with E-state index in [1.54, 1.807) is 0 Å². The summed E-state index contributed by atoms with van der Waals surface area (Å²) >= 11 is 3.60. The van der Waals surface area contributed by atoms with Gasteiger partial charge >= 0.3 is 0 Å². The zero-order chi connectivity index (χ0) is 16.3. The Balaban J connectivity index is 2.04. The quantitative estimate of drug-likeness (QED) is 0.379. The van der Waals surface area contributed by atoms with Gasteiger partial charge in [-0.1, -0.05) is 40.2 Å². The molecule has 24 heavy (non-hydrogen) atoms. The predicted molar refractivity (Wildman–Crippen MR) is 102 cm³/mol. The lowest BCUT2D eigenvalue weighted by atomic mass is 10.2. The number of aryl methyl sites for hydroxylation is 1. The molecule has 3 nitrogen and oxygen atoms in total. The molecule has 0 amide bonds. The Kier molecular flexibility index (Phi) is 2.85. The third-order valence-corrected chi connectivity index (χ3v) is 4.92. The molecule has 5 aromatic rings. The van der Waals surface area contributed by atoms with Crippen LogP contribution in [0.25, 0.3) is 33.5 Å². The number of hydrogen-bond acceptors (Lipinski definition) is 1. The highest BCUT2D eigenvalue weighted by Crippen LogP contribution is 2.30. The van der Waals surface area contributed by atoms with Gasteiger partial charge in [-0.05, 0) is 55.0 Å². The fourth-order valence-corrected chi connectivity index (χ4v) is 3.74. The molecule has 0 saturated carbocycles. The second kappa shape index (κ2) is 4.95. The van der Waals surface area contributed by atoms with Gasteiger partial charge in [0, 0.05) is 10.2 Å². The van der Waals surface area contributed by atoms with Crippen LogP contribution in [0.1, 0.15) is 5.56 Å². The Labute approximate surface area is 147 Å². The second-order valence-electron chi connectivity index (χ2n) is 6.04. The monoisotopic (exact) mass is 375 g/mol. The third-order valence-electron chi connectivity index (χ3n) is 4.42. The molecule has 0 aliphatic heterocycles. The second-order valence-corrected chi connectivity index (χ2v) is 6.96. The molecule has 0 unspecified atom stereocenters. The van der Waals surface area contributed by atoms with Gasteiger partial charge in [0.15, 0.2) is 0 Å². The maximum Gasteiger partial charge on any atom is 0.220 e. The first-order valence-electron chi connectivity index (χ1n) is 7.86. The molecule has 0 spiro atoms. The van der Waals surface area contributed by atoms with Crippen molar-refractivity contribution in [1.82, 2.24) is 14.0 Å². The molecule has 0 aliphatic rings. The smallest absolute Gasteiger partial charge is 0.220 e. The Morgan fingerprint density at radius 2 is 1.71 bits per heavy atom. The molecule has 3 aromatic carbocycles. The van der Waals surface area contributed by atoms with Crippen LogP contribution in [0.3, 0.4) is 0 Å². The van der Waals surface area contributed by atoms with Gasteiger partial charge in [-0.15, -0.1) is 0 Å². The number of rotatable bonds is 1. The molecule has 2 aromatic heterocycles. The van der Waals surface area contributed by atoms with Gasteiger partial charge in [0.25, 0.3) is 0 Å². The van der Waals surface area contributed by atoms with E-state index in [0.717, 1.165) is 38.0 Å². The standard InChI is InChI=1S/C20H14BrN3/c1-13-5-4-6-15(11-13)23-18-10-9-14(21)12-19(18)24-17-8-3-2-7-16(17)22-20(23)24/h2-12H,1H3. The summed E-state index contributed by atoms with van der Waals surface area (Å²) in [6, 6.07) is 23.2. The Morgan fingerprint density at radius 1 is 0.833 bits per heavy atom. The predicted octanol–water partition coefficient (Wildman–Crippen LogP) is 5.50. The first-order valence-corrected chi connectivity index (χ1v) is 8.66. The van der Waals surface area contributed by atoms with Crippen molar-refractivity contribution in [2.45, 2.75) is 6.92 Å². The minimum absolute atomic E-state index is 0.940. The van der Waals surface area contributed by atoms with Crippen LogP contribution in [0.15, 0.2) is 71.2 Å². The molecule has 0 atom stereocenters. The van der Waals surface area contributed by atoms with E-state index in [9.17, 15) is 0 Å². The molecule has 0 N–H and O–H groups in total. The number of fused-ring (bicyclic) bond motifs is 5. The zero-order valence-electron chi connectivity index (χ0n) is 13.1. The van der Waals surface area contributed by atoms with Gasteiger partial charge in [-0.3, -0.25) is 8.97 Å². The maximum atomic E-state index is 4.90. The molecular weight excluding hydrogens is 362 g/mol. The molecule has 0 radical (unpaired) electrons. The van der Waals surface area contributed by atoms with Gasteiger partial charge in [0.05, 0.1) is 22.1 Å². The number of imidazole rings is 2. The summed E-state index contributed by atoms with van der Waals surface area (Å²) in [5.74, 6) is 0.940. The van der Waals surface area contributed by atoms with Gasteiger partial charge in [-0.25, -0.2) is 4.98 Å². The van der Waals surface area contributed by atoms with Crippen molar-refractivity contribution in [3.63, 3.8) is 0 Å². The van der Waals surface area contributed by atoms with Crippen LogP contribution in [-0.2, 0) is 0 Å². The molecule has 2 heterocycles. The fourth-order valence-electron chi connectivity index (χ4n) is 3.39. The normalized spacial score (nSPS) is 11.8. The number of benzene rings is 3. The van der Waals surface area contributed by atoms with Crippen LogP contribution >= 0.6 is 15.9 Å². The van der Waals surface area contributed by atoms with Crippen molar-refractivity contribution in [2.24, 2.45) is 0 Å². The lowest BCUT2D eigenvalue weighted by molar-refractivity contribution is 1.10. The van der Waals surface area contributed by atoms with Gasteiger partial charge in [0.2, 0.25) is 5.78 Å². The minimum atomic E-state index is 0.940. The molecule has 0 saturated heterocycles.